The van der Waals surface area contributed by atoms with Gasteiger partial charge in [-0.1, -0.05) is 172 Å². The van der Waals surface area contributed by atoms with E-state index in [9.17, 15) is 0 Å². The summed E-state index contributed by atoms with van der Waals surface area (Å²) in [5, 5.41) is 15.0. The molecule has 0 spiro atoms. The monoisotopic (exact) mass is 762 g/mol. The van der Waals surface area contributed by atoms with Crippen LogP contribution < -0.4 is 0 Å². The van der Waals surface area contributed by atoms with Crippen molar-refractivity contribution in [3.05, 3.63) is 205 Å². The van der Waals surface area contributed by atoms with Gasteiger partial charge in [0.15, 0.2) is 0 Å². The average molecular weight is 763 g/mol. The van der Waals surface area contributed by atoms with Crippen LogP contribution in [0.1, 0.15) is 25.0 Å². The van der Waals surface area contributed by atoms with Crippen molar-refractivity contribution in [3.8, 4) is 44.5 Å². The minimum absolute atomic E-state index is 0.0824. The maximum atomic E-state index is 6.55. The van der Waals surface area contributed by atoms with Crippen molar-refractivity contribution in [2.75, 3.05) is 0 Å². The number of fused-ring (bicyclic) bond motifs is 13. The summed E-state index contributed by atoms with van der Waals surface area (Å²) < 4.78 is 6.55. The Balaban J connectivity index is 1.00. The molecule has 0 N–H and O–H groups in total. The molecule has 1 nitrogen and oxygen atoms in total. The lowest BCUT2D eigenvalue weighted by atomic mass is 9.80. The minimum Gasteiger partial charge on any atom is -0.456 e. The van der Waals surface area contributed by atoms with Gasteiger partial charge in [-0.05, 0) is 146 Å². The number of furan rings is 1. The number of benzene rings is 11. The zero-order valence-corrected chi connectivity index (χ0v) is 33.4. The molecule has 0 unspecified atom stereocenters. The molecule has 0 saturated carbocycles. The van der Waals surface area contributed by atoms with Crippen molar-refractivity contribution in [2.24, 2.45) is 0 Å². The van der Waals surface area contributed by atoms with Crippen molar-refractivity contribution < 1.29 is 4.42 Å². The second kappa shape index (κ2) is 12.3. The Kier molecular flexibility index (Phi) is 6.85. The van der Waals surface area contributed by atoms with Gasteiger partial charge in [-0.15, -0.1) is 0 Å². The molecule has 1 heteroatoms. The molecule has 1 aromatic heterocycles. The fourth-order valence-corrected chi connectivity index (χ4v) is 10.9. The van der Waals surface area contributed by atoms with Crippen LogP contribution in [-0.2, 0) is 5.41 Å². The summed E-state index contributed by atoms with van der Waals surface area (Å²) >= 11 is 0. The first-order valence-corrected chi connectivity index (χ1v) is 21.0. The molecule has 12 aromatic rings. The average Bonchev–Trinajstić information content (AvgIpc) is 3.78. The maximum Gasteiger partial charge on any atom is 0.135 e. The lowest BCUT2D eigenvalue weighted by molar-refractivity contribution is 0.666. The van der Waals surface area contributed by atoms with Gasteiger partial charge in [0, 0.05) is 16.2 Å². The van der Waals surface area contributed by atoms with E-state index in [0.29, 0.717) is 0 Å². The molecule has 1 heterocycles. The molecule has 0 bridgehead atoms. The minimum atomic E-state index is -0.0824. The first-order valence-electron chi connectivity index (χ1n) is 21.0. The normalized spacial score (nSPS) is 13.3. The lowest BCUT2D eigenvalue weighted by Crippen LogP contribution is -2.15. The third-order valence-corrected chi connectivity index (χ3v) is 13.6. The zero-order valence-electron chi connectivity index (χ0n) is 33.4. The molecule has 0 radical (unpaired) electrons. The van der Waals surface area contributed by atoms with E-state index in [0.717, 1.165) is 21.9 Å². The van der Waals surface area contributed by atoms with Gasteiger partial charge in [0.2, 0.25) is 0 Å². The highest BCUT2D eigenvalue weighted by Gasteiger charge is 2.37. The molecule has 0 atom stereocenters. The van der Waals surface area contributed by atoms with Crippen LogP contribution in [0.5, 0.6) is 0 Å². The first kappa shape index (κ1) is 33.5. The molecule has 0 saturated heterocycles. The van der Waals surface area contributed by atoms with Gasteiger partial charge in [-0.25, -0.2) is 0 Å². The van der Waals surface area contributed by atoms with Crippen LogP contribution in [0.3, 0.4) is 0 Å². The van der Waals surface area contributed by atoms with E-state index in [-0.39, 0.29) is 5.41 Å². The molecule has 0 amide bonds. The molecule has 1 aliphatic carbocycles. The van der Waals surface area contributed by atoms with E-state index >= 15 is 0 Å². The number of hydrogen-bond acceptors (Lipinski definition) is 1. The third kappa shape index (κ3) is 4.63. The van der Waals surface area contributed by atoms with Crippen LogP contribution >= 0.6 is 0 Å². The Morgan fingerprint density at radius 3 is 1.53 bits per heavy atom. The molecule has 13 rings (SSSR count). The van der Waals surface area contributed by atoms with Crippen molar-refractivity contribution >= 4 is 75.8 Å². The van der Waals surface area contributed by atoms with Gasteiger partial charge in [-0.3, -0.25) is 0 Å². The van der Waals surface area contributed by atoms with Crippen LogP contribution in [-0.4, -0.2) is 0 Å². The van der Waals surface area contributed by atoms with Gasteiger partial charge in [0.05, 0.1) is 0 Å². The van der Waals surface area contributed by atoms with Crippen LogP contribution in [0.2, 0.25) is 0 Å². The molecule has 0 fully saturated rings. The van der Waals surface area contributed by atoms with Crippen molar-refractivity contribution in [3.63, 3.8) is 0 Å². The Labute approximate surface area is 347 Å². The summed E-state index contributed by atoms with van der Waals surface area (Å²) in [4.78, 5) is 0. The highest BCUT2D eigenvalue weighted by atomic mass is 16.3. The van der Waals surface area contributed by atoms with Gasteiger partial charge >= 0.3 is 0 Å². The van der Waals surface area contributed by atoms with E-state index in [1.165, 1.54) is 109 Å². The Morgan fingerprint density at radius 2 is 0.833 bits per heavy atom. The standard InChI is InChI=1S/C59H38O/c1-59(2)53-28-24-36(31-49(53)48-27-23-35-13-3-6-16-41(35)58(48)59)37-25-29-54-50(32-37)51-34-39(26-30-55(51)60-54)56-44-19-9-11-21-46(44)57(47-22-12-10-20-45(47)56)52-33-38-14-4-5-15-40(38)42-17-7-8-18-43(42)52/h3-34H,1-2H3. The van der Waals surface area contributed by atoms with Crippen molar-refractivity contribution in [1.82, 2.24) is 0 Å². The van der Waals surface area contributed by atoms with E-state index < -0.39 is 0 Å². The second-order valence-electron chi connectivity index (χ2n) is 17.2. The maximum absolute atomic E-state index is 6.55. The largest absolute Gasteiger partial charge is 0.456 e. The molecular formula is C59H38O. The summed E-state index contributed by atoms with van der Waals surface area (Å²) in [6.45, 7) is 4.74. The Morgan fingerprint density at radius 1 is 0.317 bits per heavy atom. The summed E-state index contributed by atoms with van der Waals surface area (Å²) in [5.74, 6) is 0. The summed E-state index contributed by atoms with van der Waals surface area (Å²) in [6, 6.07) is 71.9. The number of hydrogen-bond donors (Lipinski definition) is 0. The Bertz CT molecular complexity index is 3750. The quantitative estimate of drug-likeness (QED) is 0.129. The van der Waals surface area contributed by atoms with Crippen molar-refractivity contribution in [1.29, 1.82) is 0 Å². The van der Waals surface area contributed by atoms with Crippen molar-refractivity contribution in [2.45, 2.75) is 19.3 Å². The van der Waals surface area contributed by atoms with Gasteiger partial charge in [0.25, 0.3) is 0 Å². The zero-order chi connectivity index (χ0) is 39.7. The smallest absolute Gasteiger partial charge is 0.135 e. The molecule has 60 heavy (non-hydrogen) atoms. The Hall–Kier alpha value is -7.48. The third-order valence-electron chi connectivity index (χ3n) is 13.6. The summed E-state index contributed by atoms with van der Waals surface area (Å²) in [5.41, 5.74) is 14.6. The highest BCUT2D eigenvalue weighted by molar-refractivity contribution is 6.26. The molecule has 280 valence electrons. The first-order chi connectivity index (χ1) is 29.5. The van der Waals surface area contributed by atoms with Crippen LogP contribution in [0.25, 0.3) is 120 Å². The van der Waals surface area contributed by atoms with Gasteiger partial charge in [0.1, 0.15) is 11.2 Å². The topological polar surface area (TPSA) is 13.1 Å². The fourth-order valence-electron chi connectivity index (χ4n) is 10.9. The highest BCUT2D eigenvalue weighted by Crippen LogP contribution is 2.53. The molecular weight excluding hydrogens is 725 g/mol. The predicted octanol–water partition coefficient (Wildman–Crippen LogP) is 16.7. The molecule has 11 aromatic carbocycles. The summed E-state index contributed by atoms with van der Waals surface area (Å²) in [7, 11) is 0. The van der Waals surface area contributed by atoms with E-state index in [2.05, 4.69) is 208 Å². The fraction of sp³-hybridized carbons (Fsp3) is 0.0508. The SMILES string of the molecule is CC1(C)c2ccc(-c3ccc4oc5ccc(-c6c7ccccc7c(-c7cc8ccccc8c8ccccc78)c7ccccc67)cc5c4c3)cc2-c2ccc3ccccc3c21. The van der Waals surface area contributed by atoms with E-state index in [4.69, 9.17) is 4.42 Å². The predicted molar refractivity (Wildman–Crippen MR) is 255 cm³/mol. The summed E-state index contributed by atoms with van der Waals surface area (Å²) in [6.07, 6.45) is 0. The van der Waals surface area contributed by atoms with E-state index in [1.54, 1.807) is 0 Å². The van der Waals surface area contributed by atoms with Crippen LogP contribution in [0, 0.1) is 0 Å². The second-order valence-corrected chi connectivity index (χ2v) is 17.2. The lowest BCUT2D eigenvalue weighted by Gasteiger charge is -2.23. The van der Waals surface area contributed by atoms with Gasteiger partial charge < -0.3 is 4.42 Å². The molecule has 0 aliphatic heterocycles. The van der Waals surface area contributed by atoms with Gasteiger partial charge in [-0.2, -0.15) is 0 Å². The van der Waals surface area contributed by atoms with Crippen LogP contribution in [0.4, 0.5) is 0 Å². The number of rotatable bonds is 3. The molecule has 1 aliphatic rings. The van der Waals surface area contributed by atoms with Crippen LogP contribution in [0.15, 0.2) is 199 Å². The van der Waals surface area contributed by atoms with E-state index in [1.807, 2.05) is 0 Å².